The summed E-state index contributed by atoms with van der Waals surface area (Å²) in [7, 11) is 1.90. The minimum absolute atomic E-state index is 0.499. The number of carbonyl (C=O) groups is 1. The fourth-order valence-corrected chi connectivity index (χ4v) is 1.87. The minimum Gasteiger partial charge on any atom is -0.478 e. The third-order valence-electron chi connectivity index (χ3n) is 3.29. The molecule has 0 aliphatic carbocycles. The molecule has 1 amide bonds. The molecule has 2 rings (SSSR count). The predicted octanol–water partition coefficient (Wildman–Crippen LogP) is 3.66. The van der Waals surface area contributed by atoms with Crippen molar-refractivity contribution in [1.82, 2.24) is 9.88 Å². The average Bonchev–Trinajstić information content (AvgIpc) is 2.71. The van der Waals surface area contributed by atoms with Crippen molar-refractivity contribution < 1.29 is 9.53 Å². The van der Waals surface area contributed by atoms with Crippen LogP contribution in [0.25, 0.3) is 0 Å². The van der Waals surface area contributed by atoms with E-state index in [0.29, 0.717) is 23.2 Å². The summed E-state index contributed by atoms with van der Waals surface area (Å²) in [5.41, 5.74) is 5.30. The van der Waals surface area contributed by atoms with Gasteiger partial charge in [0.2, 0.25) is 0 Å². The Morgan fingerprint density at radius 3 is 2.38 bits per heavy atom. The van der Waals surface area contributed by atoms with Crippen molar-refractivity contribution in [2.24, 2.45) is 10.7 Å². The van der Waals surface area contributed by atoms with Crippen LogP contribution < -0.4 is 10.5 Å². The Morgan fingerprint density at radius 2 is 1.97 bits per heavy atom. The zero-order valence-corrected chi connectivity index (χ0v) is 18.5. The average molecular weight is 435 g/mol. The van der Waals surface area contributed by atoms with Crippen LogP contribution in [0.4, 0.5) is 0 Å². The van der Waals surface area contributed by atoms with Gasteiger partial charge in [-0.3, -0.25) is 14.8 Å². The highest BCUT2D eigenvalue weighted by Crippen LogP contribution is 2.19. The quantitative estimate of drug-likeness (QED) is 0.229. The van der Waals surface area contributed by atoms with Crippen molar-refractivity contribution in [2.75, 3.05) is 12.9 Å². The minimum atomic E-state index is -1.02. The Balaban J connectivity index is 0.000000722. The number of terminal acetylenes is 1. The molecule has 0 spiro atoms. The maximum Gasteiger partial charge on any atom is 0.261 e. The fraction of sp³-hybridized carbons (Fsp3) is 0.286. The maximum absolute atomic E-state index is 11.2. The molecule has 29 heavy (non-hydrogen) atoms. The molecule has 2 aromatic rings. The highest BCUT2D eigenvalue weighted by molar-refractivity contribution is 7.80. The number of halogens is 1. The molecule has 6 nitrogen and oxygen atoms in total. The lowest BCUT2D eigenvalue weighted by molar-refractivity contribution is -0.130. The number of rotatable bonds is 7. The largest absolute Gasteiger partial charge is 0.478 e. The number of aromatic nitrogens is 1. The first-order valence-electron chi connectivity index (χ1n) is 8.52. The number of nitrogens with zero attached hydrogens (tertiary/aromatic N) is 3. The summed E-state index contributed by atoms with van der Waals surface area (Å²) in [6, 6.07) is 11.0. The zero-order valence-electron chi connectivity index (χ0n) is 16.8. The Bertz CT molecular complexity index is 765. The zero-order chi connectivity index (χ0) is 22.3. The standard InChI is InChI=1S/C14H21N3O2S.C5H4ClN.C2H2/c1-14(2,13(15)18)19-12-6-4-11(5-7-12)8-16-9-17(3)10-20;6-5-2-1-3-7-4-5;1-2/h4-7,9,20H,8,10H2,1-3H3,(H2,15,18);1-4H;1-2H. The molecule has 0 saturated carbocycles. The van der Waals surface area contributed by atoms with Gasteiger partial charge in [-0.2, -0.15) is 12.6 Å². The van der Waals surface area contributed by atoms with E-state index in [1.807, 2.05) is 24.1 Å². The molecule has 0 saturated heterocycles. The van der Waals surface area contributed by atoms with Gasteiger partial charge < -0.3 is 15.4 Å². The van der Waals surface area contributed by atoms with E-state index in [0.717, 1.165) is 5.56 Å². The number of primary amides is 1. The first-order chi connectivity index (χ1) is 13.7. The summed E-state index contributed by atoms with van der Waals surface area (Å²) in [5, 5.41) is 0.683. The van der Waals surface area contributed by atoms with Gasteiger partial charge in [0.15, 0.2) is 5.60 Å². The number of carbonyl (C=O) groups excluding carboxylic acids is 1. The fourth-order valence-electron chi connectivity index (χ4n) is 1.67. The molecule has 1 aromatic heterocycles. The van der Waals surface area contributed by atoms with Gasteiger partial charge in [0.05, 0.1) is 23.8 Å². The molecule has 0 aliphatic rings. The molecule has 2 N–H and O–H groups in total. The lowest BCUT2D eigenvalue weighted by Gasteiger charge is -2.22. The third-order valence-corrected chi connectivity index (χ3v) is 3.96. The third kappa shape index (κ3) is 11.7. The highest BCUT2D eigenvalue weighted by Gasteiger charge is 2.26. The number of amides is 1. The topological polar surface area (TPSA) is 80.8 Å². The molecule has 8 heteroatoms. The van der Waals surface area contributed by atoms with E-state index >= 15 is 0 Å². The number of hydrogen-bond acceptors (Lipinski definition) is 5. The lowest BCUT2D eigenvalue weighted by Crippen LogP contribution is -2.43. The smallest absolute Gasteiger partial charge is 0.261 e. The summed E-state index contributed by atoms with van der Waals surface area (Å²) in [5.74, 6) is 0.730. The van der Waals surface area contributed by atoms with Gasteiger partial charge in [0.1, 0.15) is 5.75 Å². The molecule has 0 bridgehead atoms. The van der Waals surface area contributed by atoms with Crippen LogP contribution in [0.3, 0.4) is 0 Å². The van der Waals surface area contributed by atoms with Crippen LogP contribution in [0.2, 0.25) is 5.02 Å². The van der Waals surface area contributed by atoms with E-state index in [-0.39, 0.29) is 0 Å². The maximum atomic E-state index is 11.2. The van der Waals surface area contributed by atoms with Gasteiger partial charge in [-0.15, -0.1) is 12.8 Å². The number of aliphatic imine (C=N–C) groups is 1. The number of pyridine rings is 1. The van der Waals surface area contributed by atoms with Crippen LogP contribution >= 0.6 is 24.2 Å². The first kappa shape index (κ1) is 26.3. The van der Waals surface area contributed by atoms with Crippen LogP contribution in [0.5, 0.6) is 5.75 Å². The molecule has 156 valence electrons. The molecule has 0 atom stereocenters. The molecule has 0 radical (unpaired) electrons. The monoisotopic (exact) mass is 434 g/mol. The molecule has 0 fully saturated rings. The van der Waals surface area contributed by atoms with Crippen molar-refractivity contribution in [2.45, 2.75) is 26.0 Å². The molecule has 1 heterocycles. The second-order valence-electron chi connectivity index (χ2n) is 6.15. The van der Waals surface area contributed by atoms with Gasteiger partial charge in [0.25, 0.3) is 5.91 Å². The Morgan fingerprint density at radius 1 is 1.34 bits per heavy atom. The Kier molecular flexibility index (Phi) is 13.0. The van der Waals surface area contributed by atoms with Crippen molar-refractivity contribution in [3.05, 3.63) is 59.4 Å². The summed E-state index contributed by atoms with van der Waals surface area (Å²) in [6.45, 7) is 3.86. The van der Waals surface area contributed by atoms with Crippen molar-refractivity contribution in [1.29, 1.82) is 0 Å². The number of ether oxygens (including phenoxy) is 1. The van der Waals surface area contributed by atoms with Gasteiger partial charge in [-0.1, -0.05) is 23.7 Å². The predicted molar refractivity (Wildman–Crippen MR) is 123 cm³/mol. The van der Waals surface area contributed by atoms with E-state index in [9.17, 15) is 4.79 Å². The summed E-state index contributed by atoms with van der Waals surface area (Å²) >= 11 is 9.60. The Labute approximate surface area is 183 Å². The van der Waals surface area contributed by atoms with E-state index in [1.54, 1.807) is 56.8 Å². The van der Waals surface area contributed by atoms with Crippen LogP contribution in [-0.4, -0.2) is 40.7 Å². The molecular weight excluding hydrogens is 408 g/mol. The van der Waals surface area contributed by atoms with E-state index in [1.165, 1.54) is 0 Å². The van der Waals surface area contributed by atoms with Gasteiger partial charge >= 0.3 is 0 Å². The molecule has 0 aliphatic heterocycles. The van der Waals surface area contributed by atoms with E-state index in [2.05, 4.69) is 35.5 Å². The Hall–Kier alpha value is -2.69. The van der Waals surface area contributed by atoms with Gasteiger partial charge in [0, 0.05) is 19.4 Å². The second-order valence-corrected chi connectivity index (χ2v) is 6.87. The lowest BCUT2D eigenvalue weighted by atomic mass is 10.1. The van der Waals surface area contributed by atoms with Crippen LogP contribution in [0, 0.1) is 12.8 Å². The van der Waals surface area contributed by atoms with Crippen LogP contribution in [0.1, 0.15) is 19.4 Å². The van der Waals surface area contributed by atoms with Gasteiger partial charge in [-0.25, -0.2) is 0 Å². The number of nitrogens with two attached hydrogens (primary N) is 1. The van der Waals surface area contributed by atoms with E-state index < -0.39 is 11.5 Å². The second kappa shape index (κ2) is 14.3. The van der Waals surface area contributed by atoms with Crippen molar-refractivity contribution in [3.63, 3.8) is 0 Å². The summed E-state index contributed by atoms with van der Waals surface area (Å²) in [4.78, 5) is 21.1. The SMILES string of the molecule is C#C.CN(C=NCc1ccc(OC(C)(C)C(N)=O)cc1)CS.Clc1cccnc1. The molecule has 1 aromatic carbocycles. The van der Waals surface area contributed by atoms with Crippen LogP contribution in [-0.2, 0) is 11.3 Å². The molecule has 0 unspecified atom stereocenters. The summed E-state index contributed by atoms with van der Waals surface area (Å²) < 4.78 is 5.55. The number of benzene rings is 1. The van der Waals surface area contributed by atoms with Crippen LogP contribution in [0.15, 0.2) is 53.8 Å². The summed E-state index contributed by atoms with van der Waals surface area (Å²) in [6.07, 6.45) is 13.0. The normalized spacial score (nSPS) is 10.2. The first-order valence-corrected chi connectivity index (χ1v) is 9.53. The van der Waals surface area contributed by atoms with Crippen molar-refractivity contribution in [3.8, 4) is 18.6 Å². The van der Waals surface area contributed by atoms with E-state index in [4.69, 9.17) is 22.1 Å². The van der Waals surface area contributed by atoms with Gasteiger partial charge in [-0.05, 0) is 43.7 Å². The number of hydrogen-bond donors (Lipinski definition) is 2. The number of thiol groups is 1. The highest BCUT2D eigenvalue weighted by atomic mass is 35.5. The molecular formula is C21H27ClN4O2S. The van der Waals surface area contributed by atoms with Crippen molar-refractivity contribution >= 4 is 36.5 Å².